The first-order valence-corrected chi connectivity index (χ1v) is 11.5. The topological polar surface area (TPSA) is 107 Å². The minimum Gasteiger partial charge on any atom is -0.494 e. The molecule has 2 aromatic carbocycles. The molecule has 0 unspecified atom stereocenters. The molecule has 3 aromatic rings. The van der Waals surface area contributed by atoms with E-state index in [-0.39, 0.29) is 17.4 Å². The highest BCUT2D eigenvalue weighted by Crippen LogP contribution is 2.24. The molecule has 0 fully saturated rings. The van der Waals surface area contributed by atoms with E-state index in [0.717, 1.165) is 5.56 Å². The van der Waals surface area contributed by atoms with Crippen molar-refractivity contribution in [3.8, 4) is 11.5 Å². The van der Waals surface area contributed by atoms with Gasteiger partial charge in [0.2, 0.25) is 0 Å². The van der Waals surface area contributed by atoms with Crippen molar-refractivity contribution in [3.05, 3.63) is 78.1 Å². The van der Waals surface area contributed by atoms with Gasteiger partial charge in [-0.1, -0.05) is 0 Å². The number of hydrogen-bond acceptors (Lipinski definition) is 6. The molecule has 8 nitrogen and oxygen atoms in total. The van der Waals surface area contributed by atoms with E-state index in [1.807, 2.05) is 19.1 Å². The molecule has 0 saturated heterocycles. The third-order valence-electron chi connectivity index (χ3n) is 4.47. The highest BCUT2D eigenvalue weighted by Gasteiger charge is 2.16. The number of pyridine rings is 1. The van der Waals surface area contributed by atoms with Crippen molar-refractivity contribution in [2.24, 2.45) is 0 Å². The summed E-state index contributed by atoms with van der Waals surface area (Å²) in [6, 6.07) is 14.8. The smallest absolute Gasteiger partial charge is 0.261 e. The average molecular weight is 456 g/mol. The molecule has 168 valence electrons. The van der Waals surface area contributed by atoms with Crippen LogP contribution < -0.4 is 19.5 Å². The van der Waals surface area contributed by atoms with E-state index >= 15 is 0 Å². The monoisotopic (exact) mass is 455 g/mol. The number of carbonyl (C=O) groups excluding carboxylic acids is 1. The molecule has 1 aromatic heterocycles. The van der Waals surface area contributed by atoms with Crippen molar-refractivity contribution in [2.45, 2.75) is 25.3 Å². The molecule has 0 aliphatic rings. The number of carbonyl (C=O) groups is 1. The van der Waals surface area contributed by atoms with Gasteiger partial charge in [0.05, 0.1) is 11.5 Å². The third kappa shape index (κ3) is 6.45. The Balaban J connectivity index is 1.58. The largest absolute Gasteiger partial charge is 0.494 e. The quantitative estimate of drug-likeness (QED) is 0.486. The molecule has 32 heavy (non-hydrogen) atoms. The Bertz CT molecular complexity index is 1150. The van der Waals surface area contributed by atoms with Gasteiger partial charge in [0.15, 0.2) is 6.61 Å². The number of amides is 1. The van der Waals surface area contributed by atoms with Gasteiger partial charge in [-0.05, 0) is 79.6 Å². The van der Waals surface area contributed by atoms with Crippen LogP contribution in [-0.2, 0) is 21.4 Å². The molecule has 0 radical (unpaired) electrons. The van der Waals surface area contributed by atoms with E-state index in [4.69, 9.17) is 9.47 Å². The molecule has 3 rings (SSSR count). The maximum atomic E-state index is 12.7. The Labute approximate surface area is 187 Å². The molecule has 1 amide bonds. The van der Waals surface area contributed by atoms with Crippen molar-refractivity contribution >= 4 is 21.6 Å². The van der Waals surface area contributed by atoms with Gasteiger partial charge in [-0.25, -0.2) is 8.42 Å². The molecule has 0 aliphatic carbocycles. The van der Waals surface area contributed by atoms with E-state index in [1.165, 1.54) is 18.2 Å². The standard InChI is InChI=1S/C23H25N3O5S/c1-3-30-20-6-4-19(5-7-20)26-32(28,29)21-8-9-22(17(2)14-21)31-16-23(27)25-15-18-10-12-24-13-11-18/h4-14,26H,3,15-16H2,1-2H3,(H,25,27). The number of aryl methyl sites for hydroxylation is 1. The van der Waals surface area contributed by atoms with Crippen LogP contribution in [0.25, 0.3) is 0 Å². The van der Waals surface area contributed by atoms with E-state index in [2.05, 4.69) is 15.0 Å². The van der Waals surface area contributed by atoms with Gasteiger partial charge in [-0.3, -0.25) is 14.5 Å². The molecule has 0 aliphatic heterocycles. The normalized spacial score (nSPS) is 10.9. The predicted octanol–water partition coefficient (Wildman–Crippen LogP) is 3.28. The van der Waals surface area contributed by atoms with Crippen LogP contribution in [0.1, 0.15) is 18.1 Å². The summed E-state index contributed by atoms with van der Waals surface area (Å²) in [4.78, 5) is 16.1. The highest BCUT2D eigenvalue weighted by atomic mass is 32.2. The lowest BCUT2D eigenvalue weighted by atomic mass is 10.2. The van der Waals surface area contributed by atoms with Crippen LogP contribution in [0.15, 0.2) is 71.9 Å². The fraction of sp³-hybridized carbons (Fsp3) is 0.217. The second-order valence-corrected chi connectivity index (χ2v) is 8.59. The van der Waals surface area contributed by atoms with E-state index in [1.54, 1.807) is 43.6 Å². The maximum absolute atomic E-state index is 12.7. The van der Waals surface area contributed by atoms with Crippen LogP contribution in [0.5, 0.6) is 11.5 Å². The summed E-state index contributed by atoms with van der Waals surface area (Å²) in [5.74, 6) is 0.816. The fourth-order valence-corrected chi connectivity index (χ4v) is 3.99. The molecule has 0 spiro atoms. The number of nitrogens with one attached hydrogen (secondary N) is 2. The summed E-state index contributed by atoms with van der Waals surface area (Å²) in [5.41, 5.74) is 1.96. The zero-order valence-electron chi connectivity index (χ0n) is 17.9. The Hall–Kier alpha value is -3.59. The van der Waals surface area contributed by atoms with Crippen molar-refractivity contribution < 1.29 is 22.7 Å². The first kappa shape index (κ1) is 23.1. The van der Waals surface area contributed by atoms with E-state index in [9.17, 15) is 13.2 Å². The van der Waals surface area contributed by atoms with Gasteiger partial charge in [-0.15, -0.1) is 0 Å². The van der Waals surface area contributed by atoms with E-state index < -0.39 is 10.0 Å². The van der Waals surface area contributed by atoms with Gasteiger partial charge < -0.3 is 14.8 Å². The van der Waals surface area contributed by atoms with Crippen molar-refractivity contribution in [3.63, 3.8) is 0 Å². The van der Waals surface area contributed by atoms with E-state index in [0.29, 0.717) is 35.9 Å². The summed E-state index contributed by atoms with van der Waals surface area (Å²) in [6.45, 7) is 4.33. The Kier molecular flexibility index (Phi) is 7.67. The number of benzene rings is 2. The maximum Gasteiger partial charge on any atom is 0.261 e. The number of hydrogen-bond donors (Lipinski definition) is 2. The fourth-order valence-electron chi connectivity index (χ4n) is 2.85. The van der Waals surface area contributed by atoms with Crippen LogP contribution >= 0.6 is 0 Å². The van der Waals surface area contributed by atoms with Gasteiger partial charge >= 0.3 is 0 Å². The Morgan fingerprint density at radius 1 is 1.00 bits per heavy atom. The number of nitrogens with zero attached hydrogens (tertiary/aromatic N) is 1. The van der Waals surface area contributed by atoms with Crippen LogP contribution in [0.4, 0.5) is 5.69 Å². The zero-order valence-corrected chi connectivity index (χ0v) is 18.7. The SMILES string of the molecule is CCOc1ccc(NS(=O)(=O)c2ccc(OCC(=O)NCc3ccncc3)c(C)c2)cc1. The van der Waals surface area contributed by atoms with Crippen molar-refractivity contribution in [2.75, 3.05) is 17.9 Å². The third-order valence-corrected chi connectivity index (χ3v) is 5.85. The number of anilines is 1. The first-order chi connectivity index (χ1) is 15.4. The van der Waals surface area contributed by atoms with Gasteiger partial charge in [0.1, 0.15) is 11.5 Å². The second kappa shape index (κ2) is 10.6. The molecule has 2 N–H and O–H groups in total. The second-order valence-electron chi connectivity index (χ2n) is 6.91. The van der Waals surface area contributed by atoms with Gasteiger partial charge in [-0.2, -0.15) is 0 Å². The zero-order chi connectivity index (χ0) is 23.0. The summed E-state index contributed by atoms with van der Waals surface area (Å²) < 4.78 is 38.9. The summed E-state index contributed by atoms with van der Waals surface area (Å²) in [7, 11) is -3.78. The molecular weight excluding hydrogens is 430 g/mol. The predicted molar refractivity (Wildman–Crippen MR) is 121 cm³/mol. The number of sulfonamides is 1. The molecular formula is C23H25N3O5S. The molecule has 1 heterocycles. The minimum atomic E-state index is -3.78. The number of rotatable bonds is 10. The summed E-state index contributed by atoms with van der Waals surface area (Å²) >= 11 is 0. The van der Waals surface area contributed by atoms with Crippen LogP contribution in [0.2, 0.25) is 0 Å². The molecule has 0 bridgehead atoms. The van der Waals surface area contributed by atoms with Gasteiger partial charge in [0.25, 0.3) is 15.9 Å². The van der Waals surface area contributed by atoms with Gasteiger partial charge in [0, 0.05) is 24.6 Å². The van der Waals surface area contributed by atoms with Crippen molar-refractivity contribution in [1.29, 1.82) is 0 Å². The van der Waals surface area contributed by atoms with Crippen molar-refractivity contribution in [1.82, 2.24) is 10.3 Å². The lowest BCUT2D eigenvalue weighted by Crippen LogP contribution is -2.28. The summed E-state index contributed by atoms with van der Waals surface area (Å²) in [6.07, 6.45) is 3.31. The Morgan fingerprint density at radius 3 is 2.38 bits per heavy atom. The molecule has 9 heteroatoms. The molecule has 0 saturated carbocycles. The lowest BCUT2D eigenvalue weighted by molar-refractivity contribution is -0.123. The first-order valence-electron chi connectivity index (χ1n) is 10.0. The summed E-state index contributed by atoms with van der Waals surface area (Å²) in [5, 5.41) is 2.76. The lowest BCUT2D eigenvalue weighted by Gasteiger charge is -2.13. The molecule has 0 atom stereocenters. The van der Waals surface area contributed by atoms with Crippen LogP contribution in [0.3, 0.4) is 0 Å². The Morgan fingerprint density at radius 2 is 1.72 bits per heavy atom. The number of aromatic nitrogens is 1. The highest BCUT2D eigenvalue weighted by molar-refractivity contribution is 7.92. The average Bonchev–Trinajstić information content (AvgIpc) is 2.79. The minimum absolute atomic E-state index is 0.0957. The van der Waals surface area contributed by atoms with Crippen LogP contribution in [-0.4, -0.2) is 32.5 Å². The number of ether oxygens (including phenoxy) is 2. The van der Waals surface area contributed by atoms with Crippen LogP contribution in [0, 0.1) is 6.92 Å².